The van der Waals surface area contributed by atoms with Crippen LogP contribution in [0.4, 0.5) is 11.4 Å². The van der Waals surface area contributed by atoms with E-state index in [1.54, 1.807) is 0 Å². The Morgan fingerprint density at radius 2 is 1.37 bits per heavy atom. The summed E-state index contributed by atoms with van der Waals surface area (Å²) in [6, 6.07) is 14.5. The molecule has 0 heterocycles. The second-order valence-electron chi connectivity index (χ2n) is 4.85. The third kappa shape index (κ3) is 1.31. The smallest absolute Gasteiger partial charge is 0.0538 e. The Hall–Kier alpha value is -2.00. The second-order valence-corrected chi connectivity index (χ2v) is 5.70. The molecule has 0 aliphatic carbocycles. The van der Waals surface area contributed by atoms with Gasteiger partial charge < -0.3 is 11.5 Å². The van der Waals surface area contributed by atoms with Gasteiger partial charge in [-0.1, -0.05) is 30.3 Å². The number of hydrogen-bond donors (Lipinski definition) is 2. The van der Waals surface area contributed by atoms with Crippen LogP contribution in [0, 0.1) is 0 Å². The first-order valence-corrected chi connectivity index (χ1v) is 6.87. The van der Waals surface area contributed by atoms with Crippen LogP contribution >= 0.6 is 15.9 Å². The predicted octanol–water partition coefficient (Wildman–Crippen LogP) is 4.51. The van der Waals surface area contributed by atoms with E-state index < -0.39 is 0 Å². The number of hydrogen-bond acceptors (Lipinski definition) is 2. The van der Waals surface area contributed by atoms with Crippen LogP contribution in [0.1, 0.15) is 0 Å². The molecule has 0 bridgehead atoms. The molecule has 0 saturated heterocycles. The van der Waals surface area contributed by atoms with Gasteiger partial charge >= 0.3 is 0 Å². The molecule has 4 aromatic carbocycles. The van der Waals surface area contributed by atoms with Gasteiger partial charge in [0.15, 0.2) is 0 Å². The van der Waals surface area contributed by atoms with Gasteiger partial charge in [0.1, 0.15) is 0 Å². The van der Waals surface area contributed by atoms with Crippen molar-refractivity contribution in [1.29, 1.82) is 0 Å². The molecule has 4 aromatic rings. The zero-order valence-corrected chi connectivity index (χ0v) is 11.7. The fourth-order valence-corrected chi connectivity index (χ4v) is 3.35. The van der Waals surface area contributed by atoms with Crippen molar-refractivity contribution in [2.24, 2.45) is 0 Å². The maximum atomic E-state index is 6.19. The molecule has 4 N–H and O–H groups in total. The molecule has 0 aliphatic rings. The van der Waals surface area contributed by atoms with Crippen LogP contribution in [-0.4, -0.2) is 0 Å². The van der Waals surface area contributed by atoms with Gasteiger partial charge in [-0.05, 0) is 49.6 Å². The number of nitrogen functional groups attached to an aromatic ring is 2. The molecule has 2 nitrogen and oxygen atoms in total. The molecule has 0 atom stereocenters. The molecule has 0 spiro atoms. The van der Waals surface area contributed by atoms with E-state index in [4.69, 9.17) is 11.5 Å². The van der Waals surface area contributed by atoms with Crippen molar-refractivity contribution in [3.63, 3.8) is 0 Å². The van der Waals surface area contributed by atoms with Gasteiger partial charge in [-0.25, -0.2) is 0 Å². The van der Waals surface area contributed by atoms with Crippen molar-refractivity contribution in [1.82, 2.24) is 0 Å². The number of anilines is 2. The summed E-state index contributed by atoms with van der Waals surface area (Å²) in [5.41, 5.74) is 13.9. The molecular formula is C16H11BrN2. The first-order chi connectivity index (χ1) is 9.16. The van der Waals surface area contributed by atoms with Crippen molar-refractivity contribution in [2.45, 2.75) is 0 Å². The SMILES string of the molecule is Nc1ccc2ccc3c(N)c(Br)cc4ccc1c2c43. The second kappa shape index (κ2) is 3.52. The first kappa shape index (κ1) is 10.9. The van der Waals surface area contributed by atoms with Crippen molar-refractivity contribution in [3.8, 4) is 0 Å². The number of benzene rings is 4. The van der Waals surface area contributed by atoms with Crippen LogP contribution in [0.15, 0.2) is 46.9 Å². The highest BCUT2D eigenvalue weighted by atomic mass is 79.9. The Bertz CT molecular complexity index is 944. The standard InChI is InChI=1S/C16H11BrN2/c17-12-7-9-2-4-10-13(18)6-3-8-1-5-11(16(12)19)15(9)14(8)10/h1-7H,18-19H2. The van der Waals surface area contributed by atoms with Crippen molar-refractivity contribution >= 4 is 59.6 Å². The lowest BCUT2D eigenvalue weighted by atomic mass is 9.93. The van der Waals surface area contributed by atoms with Gasteiger partial charge in [0.05, 0.1) is 5.69 Å². The Morgan fingerprint density at radius 3 is 2.21 bits per heavy atom. The molecular weight excluding hydrogens is 300 g/mol. The Balaban J connectivity index is 2.44. The van der Waals surface area contributed by atoms with E-state index in [-0.39, 0.29) is 0 Å². The van der Waals surface area contributed by atoms with Crippen molar-refractivity contribution in [3.05, 3.63) is 46.9 Å². The molecule has 0 saturated carbocycles. The Morgan fingerprint density at radius 1 is 0.737 bits per heavy atom. The summed E-state index contributed by atoms with van der Waals surface area (Å²) < 4.78 is 0.936. The summed E-state index contributed by atoms with van der Waals surface area (Å²) in [6.45, 7) is 0. The van der Waals surface area contributed by atoms with Crippen molar-refractivity contribution < 1.29 is 0 Å². The minimum atomic E-state index is 0.782. The minimum absolute atomic E-state index is 0.782. The van der Waals surface area contributed by atoms with E-state index in [2.05, 4.69) is 52.3 Å². The van der Waals surface area contributed by atoms with E-state index in [9.17, 15) is 0 Å². The quantitative estimate of drug-likeness (QED) is 0.371. The monoisotopic (exact) mass is 310 g/mol. The van der Waals surface area contributed by atoms with Crippen molar-refractivity contribution in [2.75, 3.05) is 11.5 Å². The van der Waals surface area contributed by atoms with Crippen LogP contribution in [-0.2, 0) is 0 Å². The maximum Gasteiger partial charge on any atom is 0.0538 e. The molecule has 0 unspecified atom stereocenters. The predicted molar refractivity (Wildman–Crippen MR) is 86.7 cm³/mol. The minimum Gasteiger partial charge on any atom is -0.398 e. The van der Waals surface area contributed by atoms with Gasteiger partial charge in [0, 0.05) is 20.9 Å². The fourth-order valence-electron chi connectivity index (χ4n) is 2.89. The zero-order chi connectivity index (χ0) is 13.1. The first-order valence-electron chi connectivity index (χ1n) is 6.08. The lowest BCUT2D eigenvalue weighted by Crippen LogP contribution is -1.93. The number of rotatable bonds is 0. The van der Waals surface area contributed by atoms with Crippen LogP contribution in [0.2, 0.25) is 0 Å². The van der Waals surface area contributed by atoms with Crippen LogP contribution in [0.25, 0.3) is 32.3 Å². The summed E-state index contributed by atoms with van der Waals surface area (Å²) >= 11 is 3.52. The topological polar surface area (TPSA) is 52.0 Å². The third-order valence-corrected chi connectivity index (χ3v) is 4.46. The van der Waals surface area contributed by atoms with Crippen LogP contribution in [0.3, 0.4) is 0 Å². The normalized spacial score (nSPS) is 11.8. The zero-order valence-electron chi connectivity index (χ0n) is 10.1. The molecule has 0 radical (unpaired) electrons. The van der Waals surface area contributed by atoms with Gasteiger partial charge in [0.2, 0.25) is 0 Å². The number of nitrogens with two attached hydrogens (primary N) is 2. The lowest BCUT2D eigenvalue weighted by molar-refractivity contribution is 1.71. The van der Waals surface area contributed by atoms with Gasteiger partial charge in [0.25, 0.3) is 0 Å². The molecule has 3 heteroatoms. The lowest BCUT2D eigenvalue weighted by Gasteiger charge is -2.14. The van der Waals surface area contributed by atoms with E-state index in [1.807, 2.05) is 6.07 Å². The molecule has 0 aliphatic heterocycles. The number of halogens is 1. The summed E-state index contributed by atoms with van der Waals surface area (Å²) in [5.74, 6) is 0. The molecule has 4 rings (SSSR count). The van der Waals surface area contributed by atoms with Gasteiger partial charge in [-0.2, -0.15) is 0 Å². The van der Waals surface area contributed by atoms with Gasteiger partial charge in [-0.3, -0.25) is 0 Å². The summed E-state index contributed by atoms with van der Waals surface area (Å²) in [7, 11) is 0. The molecule has 19 heavy (non-hydrogen) atoms. The average molecular weight is 311 g/mol. The molecule has 0 amide bonds. The van der Waals surface area contributed by atoms with Crippen LogP contribution in [0.5, 0.6) is 0 Å². The largest absolute Gasteiger partial charge is 0.398 e. The Kier molecular flexibility index (Phi) is 2.01. The molecule has 0 aromatic heterocycles. The Labute approximate surface area is 118 Å². The molecule has 0 fully saturated rings. The highest BCUT2D eigenvalue weighted by Gasteiger charge is 2.12. The van der Waals surface area contributed by atoms with E-state index in [0.29, 0.717) is 0 Å². The van der Waals surface area contributed by atoms with E-state index in [0.717, 1.165) is 26.6 Å². The maximum absolute atomic E-state index is 6.19. The van der Waals surface area contributed by atoms with E-state index in [1.165, 1.54) is 21.5 Å². The third-order valence-electron chi connectivity index (χ3n) is 3.81. The highest BCUT2D eigenvalue weighted by molar-refractivity contribution is 9.10. The summed E-state index contributed by atoms with van der Waals surface area (Å²) in [4.78, 5) is 0. The molecule has 92 valence electrons. The highest BCUT2D eigenvalue weighted by Crippen LogP contribution is 2.41. The average Bonchev–Trinajstić information content (AvgIpc) is 2.42. The summed E-state index contributed by atoms with van der Waals surface area (Å²) in [6.07, 6.45) is 0. The summed E-state index contributed by atoms with van der Waals surface area (Å²) in [5, 5.41) is 6.95. The van der Waals surface area contributed by atoms with Gasteiger partial charge in [-0.15, -0.1) is 0 Å². The van der Waals surface area contributed by atoms with E-state index >= 15 is 0 Å². The van der Waals surface area contributed by atoms with Crippen LogP contribution < -0.4 is 11.5 Å². The fraction of sp³-hybridized carbons (Fsp3) is 0.